The van der Waals surface area contributed by atoms with E-state index in [9.17, 15) is 18.5 Å². The lowest BCUT2D eigenvalue weighted by Gasteiger charge is -2.45. The van der Waals surface area contributed by atoms with Gasteiger partial charge in [0, 0.05) is 13.1 Å². The van der Waals surface area contributed by atoms with Gasteiger partial charge in [0.15, 0.2) is 0 Å². The highest BCUT2D eigenvalue weighted by Gasteiger charge is 2.46. The molecule has 0 saturated carbocycles. The third kappa shape index (κ3) is 4.00. The van der Waals surface area contributed by atoms with Crippen molar-refractivity contribution in [2.24, 2.45) is 5.41 Å². The lowest BCUT2D eigenvalue weighted by atomic mass is 9.78. The number of sulfonamides is 1. The van der Waals surface area contributed by atoms with Crippen LogP contribution in [0.25, 0.3) is 0 Å². The molecule has 1 fully saturated rings. The summed E-state index contributed by atoms with van der Waals surface area (Å²) in [5.41, 5.74) is -0.631. The lowest BCUT2D eigenvalue weighted by molar-refractivity contribution is -0.781. The number of nitrogens with zero attached hydrogens (tertiary/aromatic N) is 2. The van der Waals surface area contributed by atoms with Crippen LogP contribution in [0.1, 0.15) is 32.8 Å². The third-order valence-electron chi connectivity index (χ3n) is 3.92. The van der Waals surface area contributed by atoms with E-state index < -0.39 is 26.1 Å². The van der Waals surface area contributed by atoms with E-state index in [-0.39, 0.29) is 11.4 Å². The maximum atomic E-state index is 12.9. The van der Waals surface area contributed by atoms with Crippen molar-refractivity contribution >= 4 is 10.0 Å². The van der Waals surface area contributed by atoms with Crippen molar-refractivity contribution in [1.82, 2.24) is 4.31 Å². The first-order chi connectivity index (χ1) is 10.4. The summed E-state index contributed by atoms with van der Waals surface area (Å²) in [6.07, 6.45) is 0.404. The van der Waals surface area contributed by atoms with E-state index >= 15 is 0 Å². The average molecular weight is 342 g/mol. The molecule has 23 heavy (non-hydrogen) atoms. The number of piperidine rings is 1. The molecule has 8 heteroatoms. The van der Waals surface area contributed by atoms with Crippen LogP contribution in [0.2, 0.25) is 0 Å². The van der Waals surface area contributed by atoms with Crippen LogP contribution in [0, 0.1) is 22.5 Å². The third-order valence-corrected chi connectivity index (χ3v) is 5.73. The van der Waals surface area contributed by atoms with Gasteiger partial charge in [0.25, 0.3) is 5.09 Å². The van der Waals surface area contributed by atoms with Crippen molar-refractivity contribution in [2.75, 3.05) is 13.1 Å². The van der Waals surface area contributed by atoms with E-state index in [4.69, 9.17) is 4.84 Å². The molecule has 1 aliphatic rings. The predicted octanol–water partition coefficient (Wildman–Crippen LogP) is 2.38. The zero-order chi connectivity index (χ0) is 17.5. The van der Waals surface area contributed by atoms with Gasteiger partial charge in [-0.25, -0.2) is 8.42 Å². The van der Waals surface area contributed by atoms with Crippen molar-refractivity contribution in [3.8, 4) is 0 Å². The van der Waals surface area contributed by atoms with Crippen LogP contribution < -0.4 is 0 Å². The summed E-state index contributed by atoms with van der Waals surface area (Å²) >= 11 is 0. The molecule has 128 valence electrons. The van der Waals surface area contributed by atoms with Crippen molar-refractivity contribution in [1.29, 1.82) is 0 Å². The molecule has 0 N–H and O–H groups in total. The molecule has 0 aromatic heterocycles. The smallest absolute Gasteiger partial charge is 0.295 e. The molecular weight excluding hydrogens is 320 g/mol. The molecule has 1 aromatic rings. The highest BCUT2D eigenvalue weighted by molar-refractivity contribution is 7.89. The molecule has 0 amide bonds. The normalized spacial score (nSPS) is 25.0. The fourth-order valence-electron chi connectivity index (χ4n) is 3.30. The fourth-order valence-corrected chi connectivity index (χ4v) is 5.04. The van der Waals surface area contributed by atoms with E-state index in [2.05, 4.69) is 0 Å². The first kappa shape index (κ1) is 17.7. The second-order valence-corrected chi connectivity index (χ2v) is 9.13. The highest BCUT2D eigenvalue weighted by atomic mass is 32.2. The van der Waals surface area contributed by atoms with Gasteiger partial charge < -0.3 is 4.84 Å². The zero-order valence-corrected chi connectivity index (χ0v) is 14.6. The monoisotopic (exact) mass is 342 g/mol. The summed E-state index contributed by atoms with van der Waals surface area (Å²) in [6, 6.07) is 6.57. The van der Waals surface area contributed by atoms with Gasteiger partial charge in [-0.1, -0.05) is 31.5 Å². The first-order valence-corrected chi connectivity index (χ1v) is 8.78. The van der Waals surface area contributed by atoms with Crippen molar-refractivity contribution < 1.29 is 18.3 Å². The summed E-state index contributed by atoms with van der Waals surface area (Å²) < 4.78 is 27.0. The Morgan fingerprint density at radius 2 is 1.74 bits per heavy atom. The van der Waals surface area contributed by atoms with E-state index in [0.717, 1.165) is 5.56 Å². The predicted molar refractivity (Wildman–Crippen MR) is 84.8 cm³/mol. The SMILES string of the molecule is Cc1ccc(S(=O)(=O)N2CC(C)(C)CC(C)(O[N+](=O)[O-])C2)cc1. The Labute approximate surface area is 136 Å². The Morgan fingerprint density at radius 1 is 1.17 bits per heavy atom. The molecule has 0 bridgehead atoms. The quantitative estimate of drug-likeness (QED) is 0.619. The molecule has 1 heterocycles. The van der Waals surface area contributed by atoms with Gasteiger partial charge in [-0.15, -0.1) is 10.1 Å². The number of benzene rings is 1. The maximum Gasteiger partial charge on any atom is 0.295 e. The number of hydrogen-bond donors (Lipinski definition) is 0. The van der Waals surface area contributed by atoms with Crippen LogP contribution in [0.5, 0.6) is 0 Å². The second kappa shape index (κ2) is 5.76. The van der Waals surface area contributed by atoms with Crippen LogP contribution in [-0.4, -0.2) is 36.5 Å². The molecule has 1 saturated heterocycles. The maximum absolute atomic E-state index is 12.9. The van der Waals surface area contributed by atoms with E-state index in [1.807, 2.05) is 20.8 Å². The zero-order valence-electron chi connectivity index (χ0n) is 13.8. The topological polar surface area (TPSA) is 89.8 Å². The number of aryl methyl sites for hydroxylation is 1. The molecular formula is C15H22N2O5S. The number of hydrogen-bond acceptors (Lipinski definition) is 5. The summed E-state index contributed by atoms with van der Waals surface area (Å²) in [5, 5.41) is 9.91. The van der Waals surface area contributed by atoms with Gasteiger partial charge in [0.1, 0.15) is 5.60 Å². The lowest BCUT2D eigenvalue weighted by Crippen LogP contribution is -2.56. The summed E-state index contributed by atoms with van der Waals surface area (Å²) in [5.74, 6) is 0. The Hall–Kier alpha value is -1.67. The molecule has 1 aliphatic heterocycles. The van der Waals surface area contributed by atoms with Crippen molar-refractivity contribution in [3.63, 3.8) is 0 Å². The molecule has 1 unspecified atom stereocenters. The molecule has 0 spiro atoms. The van der Waals surface area contributed by atoms with Gasteiger partial charge >= 0.3 is 0 Å². The molecule has 1 atom stereocenters. The second-order valence-electron chi connectivity index (χ2n) is 7.19. The minimum atomic E-state index is -3.73. The van der Waals surface area contributed by atoms with Gasteiger partial charge in [0.2, 0.25) is 10.0 Å². The minimum Gasteiger partial charge on any atom is -0.306 e. The average Bonchev–Trinajstić information content (AvgIpc) is 2.35. The van der Waals surface area contributed by atoms with Crippen LogP contribution in [-0.2, 0) is 14.9 Å². The summed E-state index contributed by atoms with van der Waals surface area (Å²) in [7, 11) is -3.73. The van der Waals surface area contributed by atoms with E-state index in [0.29, 0.717) is 13.0 Å². The fraction of sp³-hybridized carbons (Fsp3) is 0.600. The number of rotatable bonds is 4. The minimum absolute atomic E-state index is 0.0480. The standard InChI is InChI=1S/C15H22N2O5S/c1-12-5-7-13(8-6-12)23(20,21)16-10-14(2,3)9-15(4,11-16)22-17(18)19/h5-8H,9-11H2,1-4H3. The highest BCUT2D eigenvalue weighted by Crippen LogP contribution is 2.39. The largest absolute Gasteiger partial charge is 0.306 e. The van der Waals surface area contributed by atoms with Crippen LogP contribution in [0.15, 0.2) is 29.2 Å². The van der Waals surface area contributed by atoms with Crippen LogP contribution in [0.3, 0.4) is 0 Å². The van der Waals surface area contributed by atoms with E-state index in [1.165, 1.54) is 4.31 Å². The molecule has 1 aromatic carbocycles. The van der Waals surface area contributed by atoms with Crippen molar-refractivity contribution in [2.45, 2.75) is 44.6 Å². The van der Waals surface area contributed by atoms with Crippen molar-refractivity contribution in [3.05, 3.63) is 39.9 Å². The summed E-state index contributed by atoms with van der Waals surface area (Å²) in [4.78, 5) is 15.8. The van der Waals surface area contributed by atoms with Gasteiger partial charge in [-0.3, -0.25) is 0 Å². The van der Waals surface area contributed by atoms with Crippen LogP contribution in [0.4, 0.5) is 0 Å². The Kier molecular flexibility index (Phi) is 4.42. The molecule has 0 aliphatic carbocycles. The Bertz CT molecular complexity index is 699. The molecule has 0 radical (unpaired) electrons. The molecule has 2 rings (SSSR count). The Balaban J connectivity index is 2.37. The summed E-state index contributed by atoms with van der Waals surface area (Å²) in [6.45, 7) is 7.46. The van der Waals surface area contributed by atoms with E-state index in [1.54, 1.807) is 31.2 Å². The van der Waals surface area contributed by atoms with Crippen LogP contribution >= 0.6 is 0 Å². The van der Waals surface area contributed by atoms with Gasteiger partial charge in [0.05, 0.1) is 4.90 Å². The Morgan fingerprint density at radius 3 is 2.26 bits per heavy atom. The first-order valence-electron chi connectivity index (χ1n) is 7.34. The van der Waals surface area contributed by atoms with Gasteiger partial charge in [-0.2, -0.15) is 4.31 Å². The molecule has 7 nitrogen and oxygen atoms in total. The van der Waals surface area contributed by atoms with Gasteiger partial charge in [-0.05, 0) is 37.8 Å².